The van der Waals surface area contributed by atoms with Gasteiger partial charge in [0.2, 0.25) is 0 Å². The van der Waals surface area contributed by atoms with Crippen LogP contribution in [-0.2, 0) is 20.3 Å². The molecular weight excluding hydrogens is 382 g/mol. The second-order valence-corrected chi connectivity index (χ2v) is 7.72. The van der Waals surface area contributed by atoms with E-state index in [4.69, 9.17) is 15.4 Å². The quantitative estimate of drug-likeness (QED) is 0.729. The van der Waals surface area contributed by atoms with Crippen molar-refractivity contribution < 1.29 is 13.2 Å². The molecule has 0 bridgehead atoms. The first-order valence-electron chi connectivity index (χ1n) is 5.98. The van der Waals surface area contributed by atoms with Crippen molar-refractivity contribution in [1.82, 2.24) is 14.8 Å². The topological polar surface area (TPSA) is 74.1 Å². The van der Waals surface area contributed by atoms with Crippen molar-refractivity contribution in [1.29, 1.82) is 0 Å². The molecule has 0 radical (unpaired) electrons. The summed E-state index contributed by atoms with van der Waals surface area (Å²) in [5.74, 6) is 0.441. The molecule has 0 aliphatic heterocycles. The van der Waals surface area contributed by atoms with Gasteiger partial charge in [-0.2, -0.15) is 0 Å². The van der Waals surface area contributed by atoms with Crippen molar-refractivity contribution in [3.05, 3.63) is 28.2 Å². The summed E-state index contributed by atoms with van der Waals surface area (Å²) < 4.78 is 30.6. The lowest BCUT2D eigenvalue weighted by Gasteiger charge is -2.10. The van der Waals surface area contributed by atoms with Crippen LogP contribution in [0.15, 0.2) is 27.8 Å². The van der Waals surface area contributed by atoms with E-state index in [1.54, 1.807) is 0 Å². The van der Waals surface area contributed by atoms with Gasteiger partial charge in [0.25, 0.3) is 14.2 Å². The first kappa shape index (κ1) is 16.4. The second-order valence-electron chi connectivity index (χ2n) is 4.35. The van der Waals surface area contributed by atoms with Gasteiger partial charge in [0.1, 0.15) is 0 Å². The fraction of sp³-hybridized carbons (Fsp3) is 0.333. The van der Waals surface area contributed by atoms with Crippen LogP contribution in [0.3, 0.4) is 0 Å². The molecule has 0 atom stereocenters. The Kier molecular flexibility index (Phi) is 5.03. The largest absolute Gasteiger partial charge is 0.383 e. The van der Waals surface area contributed by atoms with Crippen LogP contribution in [0.25, 0.3) is 11.4 Å². The van der Waals surface area contributed by atoms with E-state index >= 15 is 0 Å². The summed E-state index contributed by atoms with van der Waals surface area (Å²) in [5, 5.41) is 7.40. The standard InChI is InChI=1S/C12H13BrClN3O3S/c1-8-7-9(13)3-4-10(8)11-15-16-12(21(14,18)19)17(11)5-6-20-2/h3-4,7H,5-6H2,1-2H3. The van der Waals surface area contributed by atoms with Crippen LogP contribution < -0.4 is 0 Å². The Labute approximate surface area is 135 Å². The van der Waals surface area contributed by atoms with Crippen molar-refractivity contribution in [3.63, 3.8) is 0 Å². The first-order valence-corrected chi connectivity index (χ1v) is 9.08. The summed E-state index contributed by atoms with van der Waals surface area (Å²) in [6, 6.07) is 5.61. The third-order valence-electron chi connectivity index (χ3n) is 2.88. The molecule has 1 aromatic carbocycles. The molecule has 0 amide bonds. The minimum Gasteiger partial charge on any atom is -0.383 e. The van der Waals surface area contributed by atoms with E-state index < -0.39 is 9.05 Å². The number of aromatic nitrogens is 3. The van der Waals surface area contributed by atoms with Crippen LogP contribution in [0.2, 0.25) is 0 Å². The number of hydrogen-bond acceptors (Lipinski definition) is 5. The molecule has 1 heterocycles. The molecule has 0 saturated carbocycles. The van der Waals surface area contributed by atoms with Gasteiger partial charge in [-0.05, 0) is 30.7 Å². The Morgan fingerprint density at radius 1 is 1.38 bits per heavy atom. The van der Waals surface area contributed by atoms with Crippen molar-refractivity contribution in [2.45, 2.75) is 18.6 Å². The molecule has 0 aliphatic rings. The monoisotopic (exact) mass is 393 g/mol. The van der Waals surface area contributed by atoms with E-state index in [0.717, 1.165) is 15.6 Å². The van der Waals surface area contributed by atoms with Gasteiger partial charge in [0, 0.05) is 27.8 Å². The highest BCUT2D eigenvalue weighted by atomic mass is 79.9. The fourth-order valence-electron chi connectivity index (χ4n) is 1.93. The number of halogens is 2. The zero-order chi connectivity index (χ0) is 15.6. The van der Waals surface area contributed by atoms with Gasteiger partial charge < -0.3 is 4.74 Å². The molecule has 0 fully saturated rings. The Bertz CT molecular complexity index is 761. The molecule has 9 heteroatoms. The second kappa shape index (κ2) is 6.43. The summed E-state index contributed by atoms with van der Waals surface area (Å²) in [6.45, 7) is 2.51. The Balaban J connectivity index is 2.60. The number of ether oxygens (including phenoxy) is 1. The Morgan fingerprint density at radius 2 is 2.10 bits per heavy atom. The summed E-state index contributed by atoms with van der Waals surface area (Å²) in [4.78, 5) is 0. The van der Waals surface area contributed by atoms with Gasteiger partial charge in [-0.15, -0.1) is 10.2 Å². The number of rotatable bonds is 5. The third-order valence-corrected chi connectivity index (χ3v) is 4.53. The van der Waals surface area contributed by atoms with Crippen molar-refractivity contribution >= 4 is 35.7 Å². The molecule has 21 heavy (non-hydrogen) atoms. The van der Waals surface area contributed by atoms with Crippen LogP contribution in [0.5, 0.6) is 0 Å². The summed E-state index contributed by atoms with van der Waals surface area (Å²) in [7, 11) is 2.97. The van der Waals surface area contributed by atoms with Gasteiger partial charge in [0.15, 0.2) is 5.82 Å². The lowest BCUT2D eigenvalue weighted by molar-refractivity contribution is 0.185. The SMILES string of the molecule is COCCn1c(-c2ccc(Br)cc2C)nnc1S(=O)(=O)Cl. The van der Waals surface area contributed by atoms with Gasteiger partial charge in [-0.1, -0.05) is 15.9 Å². The van der Waals surface area contributed by atoms with Crippen molar-refractivity contribution in [2.75, 3.05) is 13.7 Å². The van der Waals surface area contributed by atoms with Gasteiger partial charge in [-0.3, -0.25) is 4.57 Å². The van der Waals surface area contributed by atoms with Gasteiger partial charge in [-0.25, -0.2) is 8.42 Å². The van der Waals surface area contributed by atoms with Gasteiger partial charge >= 0.3 is 0 Å². The normalized spacial score (nSPS) is 11.8. The van der Waals surface area contributed by atoms with Crippen molar-refractivity contribution in [2.24, 2.45) is 0 Å². The summed E-state index contributed by atoms with van der Waals surface area (Å²) >= 11 is 3.39. The van der Waals surface area contributed by atoms with E-state index in [1.807, 2.05) is 25.1 Å². The van der Waals surface area contributed by atoms with Crippen LogP contribution in [-0.4, -0.2) is 36.9 Å². The number of methoxy groups -OCH3 is 1. The first-order chi connectivity index (χ1) is 9.84. The minimum atomic E-state index is -3.98. The summed E-state index contributed by atoms with van der Waals surface area (Å²) in [6.07, 6.45) is 0. The molecular formula is C12H13BrClN3O3S. The van der Waals surface area contributed by atoms with Gasteiger partial charge in [0.05, 0.1) is 13.2 Å². The number of hydrogen-bond donors (Lipinski definition) is 0. The highest BCUT2D eigenvalue weighted by Gasteiger charge is 2.23. The highest BCUT2D eigenvalue weighted by Crippen LogP contribution is 2.27. The van der Waals surface area contributed by atoms with Crippen LogP contribution >= 0.6 is 26.6 Å². The van der Waals surface area contributed by atoms with E-state index in [1.165, 1.54) is 11.7 Å². The lowest BCUT2D eigenvalue weighted by atomic mass is 10.1. The average molecular weight is 395 g/mol. The van der Waals surface area contributed by atoms with E-state index in [9.17, 15) is 8.42 Å². The molecule has 2 aromatic rings. The fourth-order valence-corrected chi connectivity index (χ4v) is 3.33. The lowest BCUT2D eigenvalue weighted by Crippen LogP contribution is -2.11. The minimum absolute atomic E-state index is 0.279. The molecule has 0 unspecified atom stereocenters. The molecule has 0 spiro atoms. The summed E-state index contributed by atoms with van der Waals surface area (Å²) in [5.41, 5.74) is 1.72. The molecule has 6 nitrogen and oxygen atoms in total. The average Bonchev–Trinajstić information content (AvgIpc) is 2.79. The zero-order valence-corrected chi connectivity index (χ0v) is 14.5. The Hall–Kier alpha value is -0.960. The van der Waals surface area contributed by atoms with E-state index in [2.05, 4.69) is 26.1 Å². The maximum Gasteiger partial charge on any atom is 0.296 e. The molecule has 0 aliphatic carbocycles. The maximum absolute atomic E-state index is 11.6. The number of aryl methyl sites for hydroxylation is 1. The molecule has 114 valence electrons. The maximum atomic E-state index is 11.6. The Morgan fingerprint density at radius 3 is 2.67 bits per heavy atom. The predicted molar refractivity (Wildman–Crippen MR) is 82.8 cm³/mol. The van der Waals surface area contributed by atoms with Crippen molar-refractivity contribution in [3.8, 4) is 11.4 Å². The number of benzene rings is 1. The molecule has 0 saturated heterocycles. The molecule has 1 aromatic heterocycles. The highest BCUT2D eigenvalue weighted by molar-refractivity contribution is 9.10. The van der Waals surface area contributed by atoms with Crippen LogP contribution in [0.1, 0.15) is 5.56 Å². The van der Waals surface area contributed by atoms with E-state index in [0.29, 0.717) is 12.4 Å². The molecule has 2 rings (SSSR count). The third kappa shape index (κ3) is 3.63. The number of nitrogens with zero attached hydrogens (tertiary/aromatic N) is 3. The van der Waals surface area contributed by atoms with E-state index in [-0.39, 0.29) is 11.7 Å². The zero-order valence-electron chi connectivity index (χ0n) is 11.4. The smallest absolute Gasteiger partial charge is 0.296 e. The predicted octanol–water partition coefficient (Wildman–Crippen LogP) is 2.59. The van der Waals surface area contributed by atoms with Crippen LogP contribution in [0, 0.1) is 6.92 Å². The molecule has 0 N–H and O–H groups in total. The van der Waals surface area contributed by atoms with Crippen LogP contribution in [0.4, 0.5) is 0 Å².